The van der Waals surface area contributed by atoms with Gasteiger partial charge in [0.1, 0.15) is 0 Å². The third kappa shape index (κ3) is 5.11. The lowest BCUT2D eigenvalue weighted by Gasteiger charge is -2.16. The summed E-state index contributed by atoms with van der Waals surface area (Å²) in [5.74, 6) is -0.0767. The molecule has 9 heteroatoms. The van der Waals surface area contributed by atoms with Crippen LogP contribution in [0.4, 0.5) is 5.69 Å². The second-order valence-corrected chi connectivity index (χ2v) is 9.58. The summed E-state index contributed by atoms with van der Waals surface area (Å²) in [5, 5.41) is 11.5. The molecule has 1 fully saturated rings. The molecule has 0 amide bonds. The summed E-state index contributed by atoms with van der Waals surface area (Å²) in [6.07, 6.45) is 2.52. The Kier molecular flexibility index (Phi) is 7.07. The Morgan fingerprint density at radius 1 is 1.16 bits per heavy atom. The van der Waals surface area contributed by atoms with Crippen LogP contribution in [0, 0.1) is 10.1 Å². The predicted octanol–water partition coefficient (Wildman–Crippen LogP) is 4.15. The third-order valence-electron chi connectivity index (χ3n) is 5.60. The monoisotopic (exact) mass is 446 g/mol. The Morgan fingerprint density at radius 3 is 2.39 bits per heavy atom. The van der Waals surface area contributed by atoms with Crippen molar-refractivity contribution in [2.75, 3.05) is 19.7 Å². The highest BCUT2D eigenvalue weighted by molar-refractivity contribution is 7.89. The molecule has 1 aliphatic heterocycles. The van der Waals surface area contributed by atoms with E-state index in [1.807, 2.05) is 12.1 Å². The van der Waals surface area contributed by atoms with Gasteiger partial charge >= 0.3 is 5.69 Å². The van der Waals surface area contributed by atoms with E-state index in [9.17, 15) is 23.3 Å². The molecule has 0 saturated carbocycles. The predicted molar refractivity (Wildman–Crippen MR) is 116 cm³/mol. The molecule has 0 radical (unpaired) electrons. The van der Waals surface area contributed by atoms with E-state index in [-0.39, 0.29) is 23.0 Å². The van der Waals surface area contributed by atoms with Crippen LogP contribution in [0.5, 0.6) is 5.75 Å². The van der Waals surface area contributed by atoms with Crippen molar-refractivity contribution in [3.8, 4) is 5.75 Å². The number of hydrogen-bond acceptors (Lipinski definition) is 6. The van der Waals surface area contributed by atoms with Crippen molar-refractivity contribution in [1.29, 1.82) is 0 Å². The number of nitrogens with zero attached hydrogens (tertiary/aromatic N) is 2. The zero-order chi connectivity index (χ0) is 22.6. The minimum absolute atomic E-state index is 0.144. The maximum atomic E-state index is 12.7. The largest absolute Gasteiger partial charge is 0.478 e. The van der Waals surface area contributed by atoms with Gasteiger partial charge in [-0.15, -0.1) is 0 Å². The van der Waals surface area contributed by atoms with Gasteiger partial charge in [0.25, 0.3) is 0 Å². The summed E-state index contributed by atoms with van der Waals surface area (Å²) in [6, 6.07) is 10.7. The van der Waals surface area contributed by atoms with Crippen LogP contribution in [-0.2, 0) is 10.0 Å². The SMILES string of the molecule is CCC(C)c1ccc(C(=O)COc2ccc(S(=O)(=O)N3CCCC3)cc2[N+](=O)[O-])cc1. The molecule has 2 aromatic carbocycles. The first-order chi connectivity index (χ1) is 14.7. The number of Topliss-reactive ketones (excluding diaryl/α,β-unsaturated/α-hetero) is 1. The molecule has 3 rings (SSSR count). The van der Waals surface area contributed by atoms with E-state index in [1.54, 1.807) is 12.1 Å². The lowest BCUT2D eigenvalue weighted by Crippen LogP contribution is -2.27. The first kappa shape index (κ1) is 22.9. The van der Waals surface area contributed by atoms with Crippen LogP contribution in [0.1, 0.15) is 54.9 Å². The molecule has 1 atom stereocenters. The first-order valence-electron chi connectivity index (χ1n) is 10.3. The molecular formula is C22H26N2O6S. The highest BCUT2D eigenvalue weighted by Gasteiger charge is 2.30. The topological polar surface area (TPSA) is 107 Å². The second kappa shape index (κ2) is 9.57. The quantitative estimate of drug-likeness (QED) is 0.325. The van der Waals surface area contributed by atoms with Gasteiger partial charge in [0, 0.05) is 24.7 Å². The Morgan fingerprint density at radius 2 is 1.81 bits per heavy atom. The Labute approximate surface area is 182 Å². The molecule has 1 heterocycles. The Hall–Kier alpha value is -2.78. The molecular weight excluding hydrogens is 420 g/mol. The lowest BCUT2D eigenvalue weighted by molar-refractivity contribution is -0.386. The molecule has 1 saturated heterocycles. The number of ether oxygens (including phenoxy) is 1. The van der Waals surface area contributed by atoms with Crippen LogP contribution in [0.3, 0.4) is 0 Å². The summed E-state index contributed by atoms with van der Waals surface area (Å²) >= 11 is 0. The van der Waals surface area contributed by atoms with Crippen LogP contribution in [0.15, 0.2) is 47.4 Å². The summed E-state index contributed by atoms with van der Waals surface area (Å²) in [5.41, 5.74) is 1.09. The second-order valence-electron chi connectivity index (χ2n) is 7.64. The molecule has 1 aliphatic rings. The average molecular weight is 447 g/mol. The van der Waals surface area contributed by atoms with Gasteiger partial charge in [0.15, 0.2) is 18.1 Å². The molecule has 2 aromatic rings. The van der Waals surface area contributed by atoms with Gasteiger partial charge in [0.05, 0.1) is 9.82 Å². The smallest absolute Gasteiger partial charge is 0.312 e. The van der Waals surface area contributed by atoms with Gasteiger partial charge in [-0.25, -0.2) is 8.42 Å². The van der Waals surface area contributed by atoms with Crippen molar-refractivity contribution in [2.24, 2.45) is 0 Å². The molecule has 8 nitrogen and oxygen atoms in total. The van der Waals surface area contributed by atoms with E-state index >= 15 is 0 Å². The zero-order valence-electron chi connectivity index (χ0n) is 17.6. The maximum Gasteiger partial charge on any atom is 0.312 e. The van der Waals surface area contributed by atoms with Gasteiger partial charge in [-0.05, 0) is 42.9 Å². The molecule has 166 valence electrons. The number of rotatable bonds is 9. The number of nitro benzene ring substituents is 1. The van der Waals surface area contributed by atoms with Crippen molar-refractivity contribution in [3.05, 3.63) is 63.7 Å². The van der Waals surface area contributed by atoms with E-state index in [2.05, 4.69) is 13.8 Å². The minimum atomic E-state index is -3.79. The fourth-order valence-electron chi connectivity index (χ4n) is 3.46. The van der Waals surface area contributed by atoms with Gasteiger partial charge in [0.2, 0.25) is 10.0 Å². The van der Waals surface area contributed by atoms with Crippen molar-refractivity contribution < 1.29 is 22.9 Å². The molecule has 0 bridgehead atoms. The number of ketones is 1. The first-order valence-corrected chi connectivity index (χ1v) is 11.7. The van der Waals surface area contributed by atoms with Crippen LogP contribution in [0.25, 0.3) is 0 Å². The van der Waals surface area contributed by atoms with Gasteiger partial charge in [-0.3, -0.25) is 14.9 Å². The number of hydrogen-bond donors (Lipinski definition) is 0. The molecule has 0 spiro atoms. The Bertz CT molecular complexity index is 1060. The van der Waals surface area contributed by atoms with E-state index in [0.29, 0.717) is 24.6 Å². The standard InChI is InChI=1S/C22H26N2O6S/c1-3-16(2)17-6-8-18(9-7-17)21(25)15-30-22-11-10-19(14-20(22)24(26)27)31(28,29)23-12-4-5-13-23/h6-11,14,16H,3-5,12-13,15H2,1-2H3. The van der Waals surface area contributed by atoms with Crippen molar-refractivity contribution in [1.82, 2.24) is 4.31 Å². The number of benzene rings is 2. The van der Waals surface area contributed by atoms with E-state index in [4.69, 9.17) is 4.74 Å². The summed E-state index contributed by atoms with van der Waals surface area (Å²) in [6.45, 7) is 4.61. The summed E-state index contributed by atoms with van der Waals surface area (Å²) in [7, 11) is -3.79. The van der Waals surface area contributed by atoms with Crippen molar-refractivity contribution in [3.63, 3.8) is 0 Å². The molecule has 1 unspecified atom stereocenters. The van der Waals surface area contributed by atoms with Gasteiger partial charge in [-0.2, -0.15) is 4.31 Å². The van der Waals surface area contributed by atoms with Crippen LogP contribution in [-0.4, -0.2) is 43.1 Å². The highest BCUT2D eigenvalue weighted by Crippen LogP contribution is 2.32. The summed E-state index contributed by atoms with van der Waals surface area (Å²) in [4.78, 5) is 23.1. The Balaban J connectivity index is 1.75. The van der Waals surface area contributed by atoms with E-state index in [1.165, 1.54) is 16.4 Å². The number of carbonyl (C=O) groups is 1. The van der Waals surface area contributed by atoms with Gasteiger partial charge in [-0.1, -0.05) is 38.1 Å². The van der Waals surface area contributed by atoms with Crippen LogP contribution < -0.4 is 4.74 Å². The number of nitro groups is 1. The van der Waals surface area contributed by atoms with Crippen molar-refractivity contribution in [2.45, 2.75) is 43.9 Å². The lowest BCUT2D eigenvalue weighted by atomic mass is 9.97. The average Bonchev–Trinajstić information content (AvgIpc) is 3.32. The molecule has 31 heavy (non-hydrogen) atoms. The summed E-state index contributed by atoms with van der Waals surface area (Å²) < 4.78 is 32.1. The maximum absolute atomic E-state index is 12.7. The van der Waals surface area contributed by atoms with Crippen LogP contribution in [0.2, 0.25) is 0 Å². The number of carbonyl (C=O) groups excluding carboxylic acids is 1. The zero-order valence-corrected chi connectivity index (χ0v) is 18.4. The van der Waals surface area contributed by atoms with E-state index in [0.717, 1.165) is 30.9 Å². The van der Waals surface area contributed by atoms with Crippen molar-refractivity contribution >= 4 is 21.5 Å². The fraction of sp³-hybridized carbons (Fsp3) is 0.409. The molecule has 0 aliphatic carbocycles. The third-order valence-corrected chi connectivity index (χ3v) is 7.50. The normalized spacial score (nSPS) is 15.5. The van der Waals surface area contributed by atoms with E-state index < -0.39 is 20.6 Å². The van der Waals surface area contributed by atoms with Gasteiger partial charge < -0.3 is 4.74 Å². The molecule has 0 N–H and O–H groups in total. The number of sulfonamides is 1. The van der Waals surface area contributed by atoms with Crippen LogP contribution >= 0.6 is 0 Å². The highest BCUT2D eigenvalue weighted by atomic mass is 32.2. The minimum Gasteiger partial charge on any atom is -0.478 e. The molecule has 0 aromatic heterocycles. The fourth-order valence-corrected chi connectivity index (χ4v) is 5.00.